The second-order valence-electron chi connectivity index (χ2n) is 4.80. The van der Waals surface area contributed by atoms with Gasteiger partial charge in [-0.25, -0.2) is 0 Å². The Hall–Kier alpha value is -0.550. The molecular weight excluding hydrogens is 215 g/mol. The summed E-state index contributed by atoms with van der Waals surface area (Å²) in [4.78, 5) is 0. The highest BCUT2D eigenvalue weighted by atomic mass is 31.0. The Balaban J connectivity index is 1.98. The summed E-state index contributed by atoms with van der Waals surface area (Å²) < 4.78 is 5.40. The summed E-state index contributed by atoms with van der Waals surface area (Å²) in [5.41, 5.74) is 2.23. The van der Waals surface area contributed by atoms with Crippen molar-refractivity contribution in [3.8, 4) is 5.75 Å². The van der Waals surface area contributed by atoms with E-state index in [1.807, 2.05) is 6.07 Å². The molecule has 1 unspecified atom stereocenters. The molecule has 88 valence electrons. The minimum Gasteiger partial charge on any atom is -0.496 e. The van der Waals surface area contributed by atoms with Crippen molar-refractivity contribution in [2.75, 3.05) is 7.11 Å². The molecule has 1 aromatic rings. The molecule has 0 aliphatic heterocycles. The Labute approximate surface area is 101 Å². The molecule has 0 N–H and O–H groups in total. The Morgan fingerprint density at radius 3 is 2.56 bits per heavy atom. The zero-order valence-corrected chi connectivity index (χ0v) is 11.1. The standard InChI is InChI=1S/C14H21OP/c1-15-14-5-3-2-4-12(14)10-11-6-8-13(16)9-7-11/h2-5,11,13H,6-10,16H2,1H3. The molecule has 0 amide bonds. The second-order valence-corrected chi connectivity index (χ2v) is 5.74. The first kappa shape index (κ1) is 11.9. The molecule has 0 aromatic heterocycles. The Bertz CT molecular complexity index is 329. The van der Waals surface area contributed by atoms with E-state index in [4.69, 9.17) is 4.74 Å². The number of ether oxygens (including phenoxy) is 1. The van der Waals surface area contributed by atoms with Crippen LogP contribution in [-0.2, 0) is 6.42 Å². The average Bonchev–Trinajstić information content (AvgIpc) is 2.33. The molecule has 1 aliphatic rings. The maximum absolute atomic E-state index is 5.40. The van der Waals surface area contributed by atoms with Crippen LogP contribution in [0.2, 0.25) is 0 Å². The lowest BCUT2D eigenvalue weighted by Gasteiger charge is -2.26. The lowest BCUT2D eigenvalue weighted by Crippen LogP contribution is -2.16. The van der Waals surface area contributed by atoms with E-state index < -0.39 is 0 Å². The molecule has 1 atom stereocenters. The molecular formula is C14H21OP. The van der Waals surface area contributed by atoms with E-state index in [1.165, 1.54) is 37.7 Å². The van der Waals surface area contributed by atoms with Gasteiger partial charge in [-0.1, -0.05) is 18.2 Å². The zero-order valence-electron chi connectivity index (χ0n) is 9.99. The molecule has 1 nitrogen and oxygen atoms in total. The Morgan fingerprint density at radius 1 is 1.19 bits per heavy atom. The first-order valence-electron chi connectivity index (χ1n) is 6.17. The van der Waals surface area contributed by atoms with Crippen LogP contribution in [0.5, 0.6) is 5.75 Å². The van der Waals surface area contributed by atoms with Gasteiger partial charge in [0.1, 0.15) is 5.75 Å². The summed E-state index contributed by atoms with van der Waals surface area (Å²) >= 11 is 0. The van der Waals surface area contributed by atoms with E-state index in [2.05, 4.69) is 27.4 Å². The van der Waals surface area contributed by atoms with Gasteiger partial charge in [0.15, 0.2) is 0 Å². The number of hydrogen-bond acceptors (Lipinski definition) is 1. The summed E-state index contributed by atoms with van der Waals surface area (Å²) in [5.74, 6) is 1.91. The number of methoxy groups -OCH3 is 1. The third-order valence-electron chi connectivity index (χ3n) is 3.59. The molecule has 0 radical (unpaired) electrons. The molecule has 1 fully saturated rings. The summed E-state index contributed by atoms with van der Waals surface area (Å²) in [6.07, 6.45) is 6.65. The molecule has 2 rings (SSSR count). The smallest absolute Gasteiger partial charge is 0.122 e. The predicted octanol–water partition coefficient (Wildman–Crippen LogP) is 3.67. The quantitative estimate of drug-likeness (QED) is 0.727. The first-order chi connectivity index (χ1) is 7.79. The normalized spacial score (nSPS) is 25.4. The topological polar surface area (TPSA) is 9.23 Å². The molecule has 0 saturated heterocycles. The first-order valence-corrected chi connectivity index (χ1v) is 6.83. The summed E-state index contributed by atoms with van der Waals surface area (Å²) in [6.45, 7) is 0. The van der Waals surface area contributed by atoms with Crippen molar-refractivity contribution in [1.82, 2.24) is 0 Å². The van der Waals surface area contributed by atoms with Gasteiger partial charge < -0.3 is 4.74 Å². The number of para-hydroxylation sites is 1. The van der Waals surface area contributed by atoms with E-state index >= 15 is 0 Å². The fourth-order valence-electron chi connectivity index (χ4n) is 2.57. The van der Waals surface area contributed by atoms with Crippen LogP contribution in [0.3, 0.4) is 0 Å². The summed E-state index contributed by atoms with van der Waals surface area (Å²) in [7, 11) is 4.73. The van der Waals surface area contributed by atoms with Gasteiger partial charge in [-0.05, 0) is 55.3 Å². The van der Waals surface area contributed by atoms with Crippen LogP contribution in [0, 0.1) is 5.92 Å². The van der Waals surface area contributed by atoms with Crippen LogP contribution in [0.4, 0.5) is 0 Å². The number of benzene rings is 1. The molecule has 1 aromatic carbocycles. The van der Waals surface area contributed by atoms with Crippen molar-refractivity contribution >= 4 is 9.24 Å². The monoisotopic (exact) mass is 236 g/mol. The lowest BCUT2D eigenvalue weighted by atomic mass is 9.84. The molecule has 1 saturated carbocycles. The minimum absolute atomic E-state index is 0.855. The van der Waals surface area contributed by atoms with Crippen molar-refractivity contribution < 1.29 is 4.74 Å². The van der Waals surface area contributed by atoms with Gasteiger partial charge in [0, 0.05) is 0 Å². The highest BCUT2D eigenvalue weighted by Crippen LogP contribution is 2.32. The van der Waals surface area contributed by atoms with Crippen molar-refractivity contribution in [2.45, 2.75) is 37.8 Å². The van der Waals surface area contributed by atoms with Crippen LogP contribution in [0.25, 0.3) is 0 Å². The zero-order chi connectivity index (χ0) is 11.4. The van der Waals surface area contributed by atoms with Crippen molar-refractivity contribution in [2.24, 2.45) is 5.92 Å². The van der Waals surface area contributed by atoms with E-state index in [0.29, 0.717) is 0 Å². The third-order valence-corrected chi connectivity index (χ3v) is 4.26. The number of rotatable bonds is 3. The van der Waals surface area contributed by atoms with E-state index in [9.17, 15) is 0 Å². The number of hydrogen-bond donors (Lipinski definition) is 0. The summed E-state index contributed by atoms with van der Waals surface area (Å²) in [5, 5.41) is 0. The third kappa shape index (κ3) is 2.98. The fraction of sp³-hybridized carbons (Fsp3) is 0.571. The molecule has 0 bridgehead atoms. The van der Waals surface area contributed by atoms with E-state index in [-0.39, 0.29) is 0 Å². The van der Waals surface area contributed by atoms with Crippen LogP contribution in [0.1, 0.15) is 31.2 Å². The average molecular weight is 236 g/mol. The van der Waals surface area contributed by atoms with Crippen molar-refractivity contribution in [3.63, 3.8) is 0 Å². The second kappa shape index (κ2) is 5.68. The Kier molecular flexibility index (Phi) is 4.23. The minimum atomic E-state index is 0.855. The van der Waals surface area contributed by atoms with Gasteiger partial charge in [0.25, 0.3) is 0 Å². The maximum Gasteiger partial charge on any atom is 0.122 e. The molecule has 16 heavy (non-hydrogen) atoms. The largest absolute Gasteiger partial charge is 0.496 e. The van der Waals surface area contributed by atoms with Crippen LogP contribution < -0.4 is 4.74 Å². The van der Waals surface area contributed by atoms with Crippen LogP contribution in [-0.4, -0.2) is 12.8 Å². The van der Waals surface area contributed by atoms with E-state index in [1.54, 1.807) is 7.11 Å². The van der Waals surface area contributed by atoms with Crippen molar-refractivity contribution in [1.29, 1.82) is 0 Å². The maximum atomic E-state index is 5.40. The predicted molar refractivity (Wildman–Crippen MR) is 72.2 cm³/mol. The molecule has 1 aliphatic carbocycles. The fourth-order valence-corrected chi connectivity index (χ4v) is 2.96. The van der Waals surface area contributed by atoms with Gasteiger partial charge in [0.2, 0.25) is 0 Å². The van der Waals surface area contributed by atoms with Gasteiger partial charge in [-0.15, -0.1) is 9.24 Å². The van der Waals surface area contributed by atoms with Gasteiger partial charge >= 0.3 is 0 Å². The molecule has 2 heteroatoms. The van der Waals surface area contributed by atoms with Gasteiger partial charge in [-0.2, -0.15) is 0 Å². The summed E-state index contributed by atoms with van der Waals surface area (Å²) in [6, 6.07) is 8.42. The lowest BCUT2D eigenvalue weighted by molar-refractivity contribution is 0.353. The van der Waals surface area contributed by atoms with Gasteiger partial charge in [-0.3, -0.25) is 0 Å². The highest BCUT2D eigenvalue weighted by Gasteiger charge is 2.19. The van der Waals surface area contributed by atoms with E-state index in [0.717, 1.165) is 17.3 Å². The molecule has 0 heterocycles. The highest BCUT2D eigenvalue weighted by molar-refractivity contribution is 7.17. The van der Waals surface area contributed by atoms with Crippen LogP contribution >= 0.6 is 9.24 Å². The van der Waals surface area contributed by atoms with Crippen LogP contribution in [0.15, 0.2) is 24.3 Å². The van der Waals surface area contributed by atoms with Gasteiger partial charge in [0.05, 0.1) is 7.11 Å². The van der Waals surface area contributed by atoms with Crippen molar-refractivity contribution in [3.05, 3.63) is 29.8 Å². The Morgan fingerprint density at radius 2 is 1.88 bits per heavy atom. The molecule has 0 spiro atoms. The SMILES string of the molecule is COc1ccccc1CC1CCC(P)CC1.